The van der Waals surface area contributed by atoms with Gasteiger partial charge in [0.15, 0.2) is 23.3 Å². The van der Waals surface area contributed by atoms with Crippen molar-refractivity contribution in [2.75, 3.05) is 31.1 Å². The van der Waals surface area contributed by atoms with Gasteiger partial charge in [0, 0.05) is 19.3 Å². The molecular weight excluding hydrogens is 501 g/mol. The van der Waals surface area contributed by atoms with Gasteiger partial charge in [-0.3, -0.25) is 24.9 Å². The van der Waals surface area contributed by atoms with Crippen molar-refractivity contribution < 1.29 is 9.59 Å². The molecule has 6 N–H and O–H groups in total. The van der Waals surface area contributed by atoms with Crippen molar-refractivity contribution in [3.05, 3.63) is 39.5 Å². The molecule has 2 aromatic rings. The van der Waals surface area contributed by atoms with Crippen LogP contribution < -0.4 is 22.1 Å². The van der Waals surface area contributed by atoms with Crippen LogP contribution in [0.2, 0.25) is 0 Å². The molecule has 1 fully saturated rings. The SMILES string of the molecule is Nc1nc(N)c(C(=O)NC2=NCC3(CCN(C(=O)c4ccccn4)CC3)N2)nc1I. The highest BCUT2D eigenvalue weighted by Gasteiger charge is 2.40. The van der Waals surface area contributed by atoms with Crippen molar-refractivity contribution in [1.29, 1.82) is 0 Å². The number of pyridine rings is 1. The number of guanidine groups is 1. The monoisotopic (exact) mass is 521 g/mol. The number of carbonyl (C=O) groups excluding carboxylic acids is 2. The second kappa shape index (κ2) is 8.01. The quantitative estimate of drug-likeness (QED) is 0.402. The molecule has 4 rings (SSSR count). The van der Waals surface area contributed by atoms with Gasteiger partial charge in [-0.2, -0.15) is 0 Å². The Morgan fingerprint density at radius 3 is 2.63 bits per heavy atom. The average Bonchev–Trinajstić information content (AvgIpc) is 3.13. The number of rotatable bonds is 2. The van der Waals surface area contributed by atoms with E-state index in [4.69, 9.17) is 11.5 Å². The van der Waals surface area contributed by atoms with E-state index in [0.717, 1.165) is 0 Å². The van der Waals surface area contributed by atoms with E-state index in [2.05, 4.69) is 30.6 Å². The zero-order valence-electron chi connectivity index (χ0n) is 15.9. The standard InChI is InChI=1S/C18H20IN9O2/c19-12-14(21)25-13(20)11(24-12)15(29)26-17-23-9-18(27-17)4-7-28(8-5-18)16(30)10-3-1-2-6-22-10/h1-3,6H,4-5,7-9H2,(H4,20,21,25)(H2,23,26,27,29). The number of hydrogen-bond donors (Lipinski definition) is 4. The van der Waals surface area contributed by atoms with E-state index in [-0.39, 0.29) is 28.8 Å². The minimum atomic E-state index is -0.510. The minimum Gasteiger partial charge on any atom is -0.382 e. The van der Waals surface area contributed by atoms with Crippen molar-refractivity contribution in [2.45, 2.75) is 18.4 Å². The molecule has 0 radical (unpaired) electrons. The fourth-order valence-electron chi connectivity index (χ4n) is 3.48. The summed E-state index contributed by atoms with van der Waals surface area (Å²) in [4.78, 5) is 43.5. The second-order valence-electron chi connectivity index (χ2n) is 7.16. The summed E-state index contributed by atoms with van der Waals surface area (Å²) in [5, 5.41) is 6.00. The number of anilines is 2. The molecule has 0 saturated carbocycles. The van der Waals surface area contributed by atoms with E-state index in [0.29, 0.717) is 47.8 Å². The number of nitrogens with zero attached hydrogens (tertiary/aromatic N) is 5. The molecule has 1 saturated heterocycles. The molecular formula is C18H20IN9O2. The van der Waals surface area contributed by atoms with E-state index in [1.165, 1.54) is 0 Å². The molecule has 30 heavy (non-hydrogen) atoms. The molecule has 2 aliphatic rings. The van der Waals surface area contributed by atoms with Gasteiger partial charge in [-0.15, -0.1) is 0 Å². The number of amides is 2. The topological polar surface area (TPSA) is 165 Å². The summed E-state index contributed by atoms with van der Waals surface area (Å²) in [6.45, 7) is 1.66. The maximum absolute atomic E-state index is 12.6. The van der Waals surface area contributed by atoms with Gasteiger partial charge in [-0.25, -0.2) is 9.97 Å². The van der Waals surface area contributed by atoms with E-state index >= 15 is 0 Å². The molecule has 2 aromatic heterocycles. The first-order chi connectivity index (χ1) is 14.4. The summed E-state index contributed by atoms with van der Waals surface area (Å²) in [5.74, 6) is -0.0987. The minimum absolute atomic E-state index is 0.00479. The number of nitrogens with one attached hydrogen (secondary N) is 2. The van der Waals surface area contributed by atoms with Gasteiger partial charge in [0.05, 0.1) is 12.1 Å². The van der Waals surface area contributed by atoms with Crippen LogP contribution in [0, 0.1) is 3.70 Å². The number of carbonyl (C=O) groups is 2. The van der Waals surface area contributed by atoms with Gasteiger partial charge >= 0.3 is 0 Å². The van der Waals surface area contributed by atoms with Gasteiger partial charge in [0.2, 0.25) is 0 Å². The Bertz CT molecular complexity index is 1020. The second-order valence-corrected chi connectivity index (χ2v) is 8.19. The summed E-state index contributed by atoms with van der Waals surface area (Å²) >= 11 is 1.89. The van der Waals surface area contributed by atoms with Crippen molar-refractivity contribution in [3.8, 4) is 0 Å². The highest BCUT2D eigenvalue weighted by molar-refractivity contribution is 14.1. The summed E-state index contributed by atoms with van der Waals surface area (Å²) in [6, 6.07) is 5.29. The van der Waals surface area contributed by atoms with Crippen LogP contribution in [0.3, 0.4) is 0 Å². The molecule has 0 aliphatic carbocycles. The lowest BCUT2D eigenvalue weighted by Gasteiger charge is -2.39. The molecule has 0 atom stereocenters. The largest absolute Gasteiger partial charge is 0.382 e. The Morgan fingerprint density at radius 2 is 1.93 bits per heavy atom. The zero-order chi connectivity index (χ0) is 21.3. The van der Waals surface area contributed by atoms with Crippen LogP contribution in [0.1, 0.15) is 33.8 Å². The number of piperidine rings is 1. The molecule has 0 aromatic carbocycles. The lowest BCUT2D eigenvalue weighted by atomic mass is 9.88. The van der Waals surface area contributed by atoms with E-state index in [1.807, 2.05) is 22.6 Å². The molecule has 2 aliphatic heterocycles. The Labute approximate surface area is 185 Å². The van der Waals surface area contributed by atoms with Crippen LogP contribution in [0.15, 0.2) is 29.4 Å². The summed E-state index contributed by atoms with van der Waals surface area (Å²) < 4.78 is 0.398. The number of aromatic nitrogens is 3. The van der Waals surface area contributed by atoms with E-state index in [9.17, 15) is 9.59 Å². The summed E-state index contributed by atoms with van der Waals surface area (Å²) in [7, 11) is 0. The fourth-order valence-corrected chi connectivity index (χ4v) is 3.84. The fraction of sp³-hybridized carbons (Fsp3) is 0.333. The van der Waals surface area contributed by atoms with Gasteiger partial charge in [-0.1, -0.05) is 6.07 Å². The summed E-state index contributed by atoms with van der Waals surface area (Å²) in [5.41, 5.74) is 11.6. The highest BCUT2D eigenvalue weighted by atomic mass is 127. The first-order valence-electron chi connectivity index (χ1n) is 9.30. The Balaban J connectivity index is 1.35. The first kappa shape index (κ1) is 20.3. The Hall–Kier alpha value is -3.03. The molecule has 0 bridgehead atoms. The molecule has 11 nitrogen and oxygen atoms in total. The number of aliphatic imine (C=N–C) groups is 1. The highest BCUT2D eigenvalue weighted by Crippen LogP contribution is 2.26. The summed E-state index contributed by atoms with van der Waals surface area (Å²) in [6.07, 6.45) is 3.02. The van der Waals surface area contributed by atoms with Crippen LogP contribution >= 0.6 is 22.6 Å². The smallest absolute Gasteiger partial charge is 0.280 e. The Kier molecular flexibility index (Phi) is 5.40. The van der Waals surface area contributed by atoms with Crippen molar-refractivity contribution in [1.82, 2.24) is 30.5 Å². The van der Waals surface area contributed by atoms with E-state index < -0.39 is 5.91 Å². The third kappa shape index (κ3) is 3.99. The van der Waals surface area contributed by atoms with Gasteiger partial charge in [0.25, 0.3) is 11.8 Å². The van der Waals surface area contributed by atoms with Crippen LogP contribution in [0.5, 0.6) is 0 Å². The average molecular weight is 521 g/mol. The third-order valence-electron chi connectivity index (χ3n) is 5.17. The van der Waals surface area contributed by atoms with Crippen LogP contribution in [0.25, 0.3) is 0 Å². The van der Waals surface area contributed by atoms with Crippen LogP contribution in [-0.4, -0.2) is 62.8 Å². The molecule has 156 valence electrons. The van der Waals surface area contributed by atoms with Crippen LogP contribution in [0.4, 0.5) is 11.6 Å². The molecule has 2 amide bonds. The maximum Gasteiger partial charge on any atom is 0.280 e. The number of hydrogen-bond acceptors (Lipinski definition) is 9. The number of likely N-dealkylation sites (tertiary alicyclic amines) is 1. The van der Waals surface area contributed by atoms with Crippen molar-refractivity contribution in [3.63, 3.8) is 0 Å². The van der Waals surface area contributed by atoms with Gasteiger partial charge in [0.1, 0.15) is 9.39 Å². The zero-order valence-corrected chi connectivity index (χ0v) is 18.1. The normalized spacial score (nSPS) is 17.4. The third-order valence-corrected chi connectivity index (χ3v) is 5.96. The first-order valence-corrected chi connectivity index (χ1v) is 10.4. The van der Waals surface area contributed by atoms with Crippen molar-refractivity contribution >= 4 is 52.0 Å². The van der Waals surface area contributed by atoms with E-state index in [1.54, 1.807) is 29.3 Å². The number of halogens is 1. The maximum atomic E-state index is 12.6. The molecule has 12 heteroatoms. The predicted molar refractivity (Wildman–Crippen MR) is 119 cm³/mol. The lowest BCUT2D eigenvalue weighted by Crippen LogP contribution is -2.57. The Morgan fingerprint density at radius 1 is 1.17 bits per heavy atom. The number of nitrogens with two attached hydrogens (primary N) is 2. The molecule has 4 heterocycles. The number of nitrogen functional groups attached to an aromatic ring is 2. The van der Waals surface area contributed by atoms with Crippen molar-refractivity contribution in [2.24, 2.45) is 4.99 Å². The molecule has 0 unspecified atom stereocenters. The predicted octanol–water partition coefficient (Wildman–Crippen LogP) is 0.00460. The molecule has 1 spiro atoms. The van der Waals surface area contributed by atoms with Crippen LogP contribution in [-0.2, 0) is 0 Å². The lowest BCUT2D eigenvalue weighted by molar-refractivity contribution is 0.0662. The van der Waals surface area contributed by atoms with Gasteiger partial charge < -0.3 is 21.7 Å². The van der Waals surface area contributed by atoms with Gasteiger partial charge in [-0.05, 0) is 47.6 Å².